The van der Waals surface area contributed by atoms with Gasteiger partial charge < -0.3 is 24.2 Å². The molecule has 2 N–H and O–H groups in total. The second-order valence-electron chi connectivity index (χ2n) is 9.72. The molecule has 3 aromatic rings. The summed E-state index contributed by atoms with van der Waals surface area (Å²) in [5, 5.41) is 11.6. The van der Waals surface area contributed by atoms with Gasteiger partial charge in [-0.2, -0.15) is 0 Å². The highest BCUT2D eigenvalue weighted by atomic mass is 32.2. The van der Waals surface area contributed by atoms with Gasteiger partial charge in [0, 0.05) is 0 Å². The minimum Gasteiger partial charge on any atom is -0.497 e. The van der Waals surface area contributed by atoms with Crippen molar-refractivity contribution in [2.75, 3.05) is 18.1 Å². The molecule has 6 rings (SSSR count). The monoisotopic (exact) mass is 573 g/mol. The molecule has 8 nitrogen and oxygen atoms in total. The van der Waals surface area contributed by atoms with Crippen LogP contribution in [0.3, 0.4) is 0 Å². The number of fused-ring (bicyclic) bond motifs is 2. The van der Waals surface area contributed by atoms with Gasteiger partial charge >= 0.3 is 6.36 Å². The molecular weight excluding hydrogens is 547 g/mol. The van der Waals surface area contributed by atoms with E-state index in [0.29, 0.717) is 41.0 Å². The average Bonchev–Trinajstić information content (AvgIpc) is 3.76. The maximum Gasteiger partial charge on any atom is 0.573 e. The Labute approximate surface area is 229 Å². The molecule has 1 unspecified atom stereocenters. The summed E-state index contributed by atoms with van der Waals surface area (Å²) in [5.41, 5.74) is 1.77. The topological polar surface area (TPSA) is 92.6 Å². The van der Waals surface area contributed by atoms with E-state index in [2.05, 4.69) is 13.8 Å². The van der Waals surface area contributed by atoms with Crippen LogP contribution >= 0.6 is 0 Å². The summed E-state index contributed by atoms with van der Waals surface area (Å²) in [6.07, 6.45) is -2.63. The molecule has 1 aliphatic carbocycles. The number of ether oxygens (including phenoxy) is 3. The third-order valence-electron chi connectivity index (χ3n) is 6.75. The summed E-state index contributed by atoms with van der Waals surface area (Å²) in [5.74, 6) is 1.05. The summed E-state index contributed by atoms with van der Waals surface area (Å²) in [4.78, 5) is 2.01. The fraction of sp³-hybridized carbons (Fsp3) is 0.286. The molecule has 0 radical (unpaired) electrons. The Morgan fingerprint density at radius 3 is 2.23 bits per heavy atom. The van der Waals surface area contributed by atoms with Crippen molar-refractivity contribution >= 4 is 21.3 Å². The van der Waals surface area contributed by atoms with E-state index in [1.807, 2.05) is 53.4 Å². The van der Waals surface area contributed by atoms with E-state index in [0.717, 1.165) is 25.0 Å². The number of halogens is 3. The number of rotatable bonds is 7. The number of anilines is 2. The number of aliphatic hydroxyl groups excluding tert-OH is 1. The van der Waals surface area contributed by atoms with Crippen molar-refractivity contribution in [3.8, 4) is 17.2 Å². The van der Waals surface area contributed by atoms with E-state index in [-0.39, 0.29) is 11.5 Å². The molecule has 0 saturated heterocycles. The lowest BCUT2D eigenvalue weighted by atomic mass is 10.0. The van der Waals surface area contributed by atoms with Crippen molar-refractivity contribution in [2.24, 2.45) is 10.3 Å². The Morgan fingerprint density at radius 1 is 1.00 bits per heavy atom. The molecule has 2 heterocycles. The van der Waals surface area contributed by atoms with E-state index in [1.54, 1.807) is 0 Å². The van der Waals surface area contributed by atoms with Crippen LogP contribution in [0.15, 0.2) is 94.0 Å². The van der Waals surface area contributed by atoms with Crippen LogP contribution < -0.4 is 19.1 Å². The zero-order valence-corrected chi connectivity index (χ0v) is 21.9. The molecule has 0 aromatic heterocycles. The maximum absolute atomic E-state index is 14.2. The molecule has 3 aromatic carbocycles. The summed E-state index contributed by atoms with van der Waals surface area (Å²) < 4.78 is 75.4. The van der Waals surface area contributed by atoms with E-state index in [9.17, 15) is 22.5 Å². The number of hydrogen-bond acceptors (Lipinski definition) is 7. The van der Waals surface area contributed by atoms with E-state index in [4.69, 9.17) is 9.47 Å². The van der Waals surface area contributed by atoms with Crippen molar-refractivity contribution in [2.45, 2.75) is 36.2 Å². The second-order valence-corrected chi connectivity index (χ2v) is 11.7. The van der Waals surface area contributed by atoms with E-state index in [1.165, 1.54) is 18.4 Å². The lowest BCUT2D eigenvalue weighted by molar-refractivity contribution is -0.274. The predicted molar refractivity (Wildman–Crippen MR) is 142 cm³/mol. The summed E-state index contributed by atoms with van der Waals surface area (Å²) >= 11 is 0. The van der Waals surface area contributed by atoms with Crippen LogP contribution in [0.25, 0.3) is 0 Å². The van der Waals surface area contributed by atoms with E-state index >= 15 is 0 Å². The third kappa shape index (κ3) is 5.47. The molecule has 0 bridgehead atoms. The third-order valence-corrected chi connectivity index (χ3v) is 8.80. The molecule has 0 spiro atoms. The van der Waals surface area contributed by atoms with Crippen LogP contribution in [-0.2, 0) is 14.7 Å². The van der Waals surface area contributed by atoms with Crippen LogP contribution in [-0.4, -0.2) is 41.0 Å². The van der Waals surface area contributed by atoms with Crippen molar-refractivity contribution in [3.63, 3.8) is 0 Å². The van der Waals surface area contributed by atoms with Crippen molar-refractivity contribution in [1.82, 2.24) is 4.72 Å². The fourth-order valence-corrected chi connectivity index (χ4v) is 6.48. The zero-order valence-electron chi connectivity index (χ0n) is 21.1. The number of nitrogens with one attached hydrogen (secondary N) is 1. The van der Waals surface area contributed by atoms with Crippen LogP contribution in [0.5, 0.6) is 17.2 Å². The van der Waals surface area contributed by atoms with Gasteiger partial charge in [-0.3, -0.25) is 0 Å². The number of hydrogen-bond donors (Lipinski definition) is 2. The Morgan fingerprint density at radius 2 is 1.62 bits per heavy atom. The molecule has 3 aliphatic rings. The molecule has 40 heavy (non-hydrogen) atoms. The van der Waals surface area contributed by atoms with Gasteiger partial charge in [0.25, 0.3) is 0 Å². The predicted octanol–water partition coefficient (Wildman–Crippen LogP) is 5.87. The highest BCUT2D eigenvalue weighted by Crippen LogP contribution is 2.49. The largest absolute Gasteiger partial charge is 0.573 e. The zero-order chi connectivity index (χ0) is 27.9. The SMILES string of the molecule is O=S(=NCC1CC1)(N[C@H]1COC=C(N2c3ccccc3Oc3ccccc32)[C@H]1O)c1ccc(OC(F)(F)F)cc1. The van der Waals surface area contributed by atoms with Gasteiger partial charge in [0.1, 0.15) is 34.6 Å². The lowest BCUT2D eigenvalue weighted by Gasteiger charge is -2.39. The molecule has 0 amide bonds. The molecule has 1 fully saturated rings. The number of aliphatic hydroxyl groups is 1. The molecule has 12 heteroatoms. The Bertz CT molecular complexity index is 1500. The summed E-state index contributed by atoms with van der Waals surface area (Å²) in [7, 11) is -3.36. The van der Waals surface area contributed by atoms with Gasteiger partial charge in [-0.1, -0.05) is 24.3 Å². The molecule has 3 atom stereocenters. The second kappa shape index (κ2) is 10.3. The Hall–Kier alpha value is -3.74. The highest BCUT2D eigenvalue weighted by molar-refractivity contribution is 7.91. The van der Waals surface area contributed by atoms with Gasteiger partial charge in [-0.05, 0) is 67.3 Å². The number of alkyl halides is 3. The summed E-state index contributed by atoms with van der Waals surface area (Å²) in [6.45, 7) is 0.312. The fourth-order valence-electron chi connectivity index (χ4n) is 4.59. The number of nitrogens with zero attached hydrogens (tertiary/aromatic N) is 2. The molecule has 2 aliphatic heterocycles. The summed E-state index contributed by atoms with van der Waals surface area (Å²) in [6, 6.07) is 18.7. The lowest BCUT2D eigenvalue weighted by Crippen LogP contribution is -2.51. The standard InChI is InChI=1S/C28H26F3N3O5S/c29-28(30,31)39-19-11-13-20(14-12-19)40(36,32-15-18-9-10-18)33-21-16-37-17-24(27(21)35)34-22-5-1-3-7-25(22)38-26-8-4-2-6-23(26)34/h1-8,11-14,17-18,21,27,35H,9-10,15-16H2,(H,32,33,36)/t21-,27-,40?/m0/s1. The van der Waals surface area contributed by atoms with Gasteiger partial charge in [0.05, 0.1) is 34.6 Å². The first-order chi connectivity index (χ1) is 19.2. The first kappa shape index (κ1) is 26.5. The van der Waals surface area contributed by atoms with Gasteiger partial charge in [0.15, 0.2) is 11.5 Å². The van der Waals surface area contributed by atoms with Crippen molar-refractivity contribution in [3.05, 3.63) is 84.8 Å². The van der Waals surface area contributed by atoms with Gasteiger partial charge in [-0.25, -0.2) is 13.3 Å². The highest BCUT2D eigenvalue weighted by Gasteiger charge is 2.38. The number of para-hydroxylation sites is 4. The Kier molecular flexibility index (Phi) is 6.85. The maximum atomic E-state index is 14.2. The average molecular weight is 574 g/mol. The van der Waals surface area contributed by atoms with E-state index < -0.39 is 34.2 Å². The van der Waals surface area contributed by atoms with Crippen LogP contribution in [0, 0.1) is 5.92 Å². The van der Waals surface area contributed by atoms with Gasteiger partial charge in [0.2, 0.25) is 0 Å². The van der Waals surface area contributed by atoms with Crippen LogP contribution in [0.4, 0.5) is 24.5 Å². The minimum atomic E-state index is -4.85. The Balaban J connectivity index is 1.31. The first-order valence-corrected chi connectivity index (χ1v) is 14.2. The van der Waals surface area contributed by atoms with Crippen LogP contribution in [0.1, 0.15) is 12.8 Å². The first-order valence-electron chi connectivity index (χ1n) is 12.7. The number of benzene rings is 3. The van der Waals surface area contributed by atoms with Crippen molar-refractivity contribution < 1.29 is 36.7 Å². The molecule has 210 valence electrons. The molecular formula is C28H26F3N3O5S. The smallest absolute Gasteiger partial charge is 0.497 e. The van der Waals surface area contributed by atoms with Gasteiger partial charge in [-0.15, -0.1) is 13.2 Å². The van der Waals surface area contributed by atoms with Crippen LogP contribution in [0.2, 0.25) is 0 Å². The normalized spacial score (nSPS) is 21.6. The van der Waals surface area contributed by atoms with Crippen molar-refractivity contribution in [1.29, 1.82) is 0 Å². The quantitative estimate of drug-likeness (QED) is 0.367. The minimum absolute atomic E-state index is 0.0104. The molecule has 1 saturated carbocycles.